The van der Waals surface area contributed by atoms with Gasteiger partial charge < -0.3 is 5.11 Å². The van der Waals surface area contributed by atoms with E-state index in [2.05, 4.69) is 11.8 Å². The Morgan fingerprint density at radius 2 is 2.27 bits per heavy atom. The van der Waals surface area contributed by atoms with Crippen LogP contribution in [0.3, 0.4) is 0 Å². The van der Waals surface area contributed by atoms with Crippen LogP contribution in [0.15, 0.2) is 0 Å². The number of β-amino-alcohol motifs (C(OH)–C–C–N with tert-alkyl or cyclic N) is 1. The highest BCUT2D eigenvalue weighted by molar-refractivity contribution is 4.74. The monoisotopic (exact) mass is 157 g/mol. The summed E-state index contributed by atoms with van der Waals surface area (Å²) in [5.41, 5.74) is 0. The molecule has 1 unspecified atom stereocenters. The average Bonchev–Trinajstić information content (AvgIpc) is 2.06. The highest BCUT2D eigenvalue weighted by Gasteiger charge is 2.19. The van der Waals surface area contributed by atoms with Gasteiger partial charge in [0.2, 0.25) is 0 Å². The van der Waals surface area contributed by atoms with Gasteiger partial charge in [0.15, 0.2) is 0 Å². The summed E-state index contributed by atoms with van der Waals surface area (Å²) < 4.78 is 0. The molecule has 1 saturated heterocycles. The molecule has 0 saturated carbocycles. The molecule has 1 heterocycles. The van der Waals surface area contributed by atoms with E-state index in [0.29, 0.717) is 6.61 Å². The second kappa shape index (κ2) is 4.73. The zero-order valence-corrected chi connectivity index (χ0v) is 7.42. The smallest absolute Gasteiger partial charge is 0.0558 e. The van der Waals surface area contributed by atoms with E-state index in [-0.39, 0.29) is 0 Å². The largest absolute Gasteiger partial charge is 0.395 e. The SMILES string of the molecule is CCC1CCCCN1CCO. The third-order valence-corrected chi connectivity index (χ3v) is 2.61. The van der Waals surface area contributed by atoms with Crippen LogP contribution in [-0.4, -0.2) is 35.7 Å². The van der Waals surface area contributed by atoms with Crippen molar-refractivity contribution in [1.29, 1.82) is 0 Å². The fraction of sp³-hybridized carbons (Fsp3) is 1.00. The van der Waals surface area contributed by atoms with E-state index in [4.69, 9.17) is 5.11 Å². The number of aliphatic hydroxyl groups excluding tert-OH is 1. The molecule has 1 N–H and O–H groups in total. The summed E-state index contributed by atoms with van der Waals surface area (Å²) in [6.45, 7) is 4.62. The minimum atomic E-state index is 0.316. The van der Waals surface area contributed by atoms with E-state index in [1.165, 1.54) is 32.2 Å². The Kier molecular flexibility index (Phi) is 3.87. The lowest BCUT2D eigenvalue weighted by atomic mass is 10.0. The summed E-state index contributed by atoms with van der Waals surface area (Å²) in [7, 11) is 0. The molecule has 66 valence electrons. The first kappa shape index (κ1) is 9.01. The summed E-state index contributed by atoms with van der Waals surface area (Å²) in [5.74, 6) is 0. The van der Waals surface area contributed by atoms with Gasteiger partial charge in [0, 0.05) is 12.6 Å². The number of hydrogen-bond donors (Lipinski definition) is 1. The van der Waals surface area contributed by atoms with Gasteiger partial charge in [-0.2, -0.15) is 0 Å². The van der Waals surface area contributed by atoms with E-state index >= 15 is 0 Å². The number of likely N-dealkylation sites (tertiary alicyclic amines) is 1. The molecular weight excluding hydrogens is 138 g/mol. The summed E-state index contributed by atoms with van der Waals surface area (Å²) in [4.78, 5) is 2.42. The molecule has 0 aliphatic carbocycles. The van der Waals surface area contributed by atoms with Crippen molar-refractivity contribution in [3.05, 3.63) is 0 Å². The first-order chi connectivity index (χ1) is 5.38. The predicted octanol–water partition coefficient (Wildman–Crippen LogP) is 1.24. The maximum Gasteiger partial charge on any atom is 0.0558 e. The van der Waals surface area contributed by atoms with Gasteiger partial charge in [-0.05, 0) is 25.8 Å². The van der Waals surface area contributed by atoms with E-state index < -0.39 is 0 Å². The maximum atomic E-state index is 8.79. The molecule has 1 fully saturated rings. The Hall–Kier alpha value is -0.0800. The fourth-order valence-corrected chi connectivity index (χ4v) is 1.95. The Bertz CT molecular complexity index is 104. The Morgan fingerprint density at radius 3 is 2.91 bits per heavy atom. The number of rotatable bonds is 3. The van der Waals surface area contributed by atoms with Crippen LogP contribution in [0.4, 0.5) is 0 Å². The van der Waals surface area contributed by atoms with E-state index in [9.17, 15) is 0 Å². The van der Waals surface area contributed by atoms with Crippen LogP contribution in [0.5, 0.6) is 0 Å². The summed E-state index contributed by atoms with van der Waals surface area (Å²) in [6.07, 6.45) is 5.26. The molecule has 0 amide bonds. The molecule has 0 aromatic heterocycles. The number of aliphatic hydroxyl groups is 1. The van der Waals surface area contributed by atoms with Crippen LogP contribution in [-0.2, 0) is 0 Å². The van der Waals surface area contributed by atoms with Gasteiger partial charge in [0.25, 0.3) is 0 Å². The molecule has 0 aromatic carbocycles. The molecule has 2 heteroatoms. The predicted molar refractivity (Wildman–Crippen MR) is 46.6 cm³/mol. The van der Waals surface area contributed by atoms with Gasteiger partial charge in [0.1, 0.15) is 0 Å². The normalized spacial score (nSPS) is 27.3. The van der Waals surface area contributed by atoms with Gasteiger partial charge >= 0.3 is 0 Å². The van der Waals surface area contributed by atoms with Gasteiger partial charge in [-0.15, -0.1) is 0 Å². The van der Waals surface area contributed by atoms with Crippen molar-refractivity contribution in [1.82, 2.24) is 4.90 Å². The highest BCUT2D eigenvalue weighted by Crippen LogP contribution is 2.18. The third-order valence-electron chi connectivity index (χ3n) is 2.61. The van der Waals surface area contributed by atoms with E-state index in [0.717, 1.165) is 12.6 Å². The molecule has 0 aromatic rings. The maximum absolute atomic E-state index is 8.79. The molecule has 0 radical (unpaired) electrons. The molecule has 11 heavy (non-hydrogen) atoms. The first-order valence-corrected chi connectivity index (χ1v) is 4.73. The van der Waals surface area contributed by atoms with Crippen molar-refractivity contribution in [3.63, 3.8) is 0 Å². The highest BCUT2D eigenvalue weighted by atomic mass is 16.3. The topological polar surface area (TPSA) is 23.5 Å². The zero-order chi connectivity index (χ0) is 8.10. The Balaban J connectivity index is 2.31. The summed E-state index contributed by atoms with van der Waals surface area (Å²) >= 11 is 0. The van der Waals surface area contributed by atoms with Gasteiger partial charge in [-0.1, -0.05) is 13.3 Å². The van der Waals surface area contributed by atoms with Crippen LogP contribution >= 0.6 is 0 Å². The average molecular weight is 157 g/mol. The summed E-state index contributed by atoms with van der Waals surface area (Å²) in [5, 5.41) is 8.79. The number of piperidine rings is 1. The minimum absolute atomic E-state index is 0.316. The number of hydrogen-bond acceptors (Lipinski definition) is 2. The van der Waals surface area contributed by atoms with Gasteiger partial charge in [-0.25, -0.2) is 0 Å². The standard InChI is InChI=1S/C9H19NO/c1-2-9-5-3-4-6-10(9)7-8-11/h9,11H,2-8H2,1H3. The van der Waals surface area contributed by atoms with Crippen LogP contribution < -0.4 is 0 Å². The molecule has 0 spiro atoms. The van der Waals surface area contributed by atoms with Crippen molar-refractivity contribution in [2.45, 2.75) is 38.6 Å². The molecular formula is C9H19NO. The molecule has 1 aliphatic heterocycles. The minimum Gasteiger partial charge on any atom is -0.395 e. The van der Waals surface area contributed by atoms with Crippen molar-refractivity contribution in [2.24, 2.45) is 0 Å². The second-order valence-corrected chi connectivity index (χ2v) is 3.32. The number of nitrogens with zero attached hydrogens (tertiary/aromatic N) is 1. The van der Waals surface area contributed by atoms with Gasteiger partial charge in [-0.3, -0.25) is 4.90 Å². The second-order valence-electron chi connectivity index (χ2n) is 3.32. The van der Waals surface area contributed by atoms with Crippen LogP contribution in [0.1, 0.15) is 32.6 Å². The van der Waals surface area contributed by atoms with Crippen molar-refractivity contribution >= 4 is 0 Å². The van der Waals surface area contributed by atoms with Crippen LogP contribution in [0, 0.1) is 0 Å². The zero-order valence-electron chi connectivity index (χ0n) is 7.42. The molecule has 2 nitrogen and oxygen atoms in total. The fourth-order valence-electron chi connectivity index (χ4n) is 1.95. The lowest BCUT2D eigenvalue weighted by Gasteiger charge is -2.34. The van der Waals surface area contributed by atoms with E-state index in [1.807, 2.05) is 0 Å². The first-order valence-electron chi connectivity index (χ1n) is 4.73. The summed E-state index contributed by atoms with van der Waals surface area (Å²) in [6, 6.07) is 0.746. The van der Waals surface area contributed by atoms with Crippen LogP contribution in [0.2, 0.25) is 0 Å². The van der Waals surface area contributed by atoms with Crippen molar-refractivity contribution in [3.8, 4) is 0 Å². The Morgan fingerprint density at radius 1 is 1.45 bits per heavy atom. The molecule has 1 rings (SSSR count). The molecule has 0 bridgehead atoms. The van der Waals surface area contributed by atoms with Crippen molar-refractivity contribution in [2.75, 3.05) is 19.7 Å². The van der Waals surface area contributed by atoms with E-state index in [1.54, 1.807) is 0 Å². The quantitative estimate of drug-likeness (QED) is 0.666. The Labute approximate surface area is 69.2 Å². The third kappa shape index (κ3) is 2.46. The van der Waals surface area contributed by atoms with Gasteiger partial charge in [0.05, 0.1) is 6.61 Å². The molecule has 1 atom stereocenters. The molecule has 1 aliphatic rings. The lowest BCUT2D eigenvalue weighted by molar-refractivity contribution is 0.114. The lowest BCUT2D eigenvalue weighted by Crippen LogP contribution is -2.40. The van der Waals surface area contributed by atoms with Crippen LogP contribution in [0.25, 0.3) is 0 Å². The van der Waals surface area contributed by atoms with Crippen molar-refractivity contribution < 1.29 is 5.11 Å².